The van der Waals surface area contributed by atoms with Crippen LogP contribution in [0.2, 0.25) is 0 Å². The number of nitrogens with one attached hydrogen (secondary N) is 1. The molecular formula is C10H14N5O4P. The number of rotatable bonds is 6. The van der Waals surface area contributed by atoms with Crippen LogP contribution < -0.4 is 10.8 Å². The highest BCUT2D eigenvalue weighted by atomic mass is 31.2. The monoisotopic (exact) mass is 299 g/mol. The highest BCUT2D eigenvalue weighted by Gasteiger charge is 2.18. The van der Waals surface area contributed by atoms with Crippen LogP contribution in [0.5, 0.6) is 0 Å². The molecule has 0 fully saturated rings. The average Bonchev–Trinajstić information content (AvgIpc) is 2.80. The molecule has 1 amide bonds. The lowest BCUT2D eigenvalue weighted by molar-refractivity contribution is 0.0996. The zero-order chi connectivity index (χ0) is 14.8. The number of primary amides is 1. The lowest BCUT2D eigenvalue weighted by atomic mass is 10.4. The quantitative estimate of drug-likeness (QED) is 0.642. The lowest BCUT2D eigenvalue weighted by Gasteiger charge is -2.12. The van der Waals surface area contributed by atoms with E-state index >= 15 is 0 Å². The van der Waals surface area contributed by atoms with Gasteiger partial charge in [-0.05, 0) is 13.0 Å². The van der Waals surface area contributed by atoms with Crippen molar-refractivity contribution in [3.05, 3.63) is 29.8 Å². The Balaban J connectivity index is 2.26. The third-order valence-corrected chi connectivity index (χ3v) is 3.64. The Morgan fingerprint density at radius 1 is 1.65 bits per heavy atom. The minimum Gasteiger partial charge on any atom is -0.364 e. The molecule has 1 unspecified atom stereocenters. The summed E-state index contributed by atoms with van der Waals surface area (Å²) in [5, 5.41) is 2.40. The molecule has 4 N–H and O–H groups in total. The third kappa shape index (κ3) is 3.20. The van der Waals surface area contributed by atoms with Gasteiger partial charge in [-0.1, -0.05) is 0 Å². The number of carbonyl (C=O) groups is 1. The van der Waals surface area contributed by atoms with E-state index in [9.17, 15) is 14.3 Å². The van der Waals surface area contributed by atoms with Gasteiger partial charge in [0.05, 0.1) is 6.61 Å². The molecule has 0 saturated heterocycles. The number of hydrogen-bond acceptors (Lipinski definition) is 5. The molecular weight excluding hydrogens is 285 g/mol. The molecule has 0 aromatic carbocycles. The molecule has 0 aliphatic carbocycles. The molecule has 0 bridgehead atoms. The van der Waals surface area contributed by atoms with Gasteiger partial charge in [0.15, 0.2) is 0 Å². The Morgan fingerprint density at radius 3 is 3.05 bits per heavy atom. The normalized spacial score (nSPS) is 14.3. The molecule has 2 rings (SSSR count). The van der Waals surface area contributed by atoms with Crippen LogP contribution in [-0.4, -0.2) is 31.8 Å². The molecule has 1 atom stereocenters. The van der Waals surface area contributed by atoms with Crippen molar-refractivity contribution in [1.29, 1.82) is 0 Å². The summed E-state index contributed by atoms with van der Waals surface area (Å²) < 4.78 is 17.7. The van der Waals surface area contributed by atoms with Crippen LogP contribution in [0.1, 0.15) is 23.1 Å². The van der Waals surface area contributed by atoms with Gasteiger partial charge >= 0.3 is 7.75 Å². The van der Waals surface area contributed by atoms with Crippen molar-refractivity contribution >= 4 is 19.4 Å². The maximum absolute atomic E-state index is 11.5. The van der Waals surface area contributed by atoms with Gasteiger partial charge in [0, 0.05) is 24.6 Å². The number of carbonyl (C=O) groups excluding carboxylic acids is 1. The maximum atomic E-state index is 11.5. The summed E-state index contributed by atoms with van der Waals surface area (Å²) in [6, 6.07) is 1.62. The number of hydrogen-bond donors (Lipinski definition) is 3. The van der Waals surface area contributed by atoms with E-state index in [0.29, 0.717) is 5.69 Å². The predicted molar refractivity (Wildman–Crippen MR) is 69.8 cm³/mol. The summed E-state index contributed by atoms with van der Waals surface area (Å²) in [5.41, 5.74) is 5.81. The van der Waals surface area contributed by atoms with E-state index in [2.05, 4.69) is 15.1 Å². The molecule has 0 saturated carbocycles. The zero-order valence-corrected chi connectivity index (χ0v) is 11.6. The summed E-state index contributed by atoms with van der Waals surface area (Å²) in [4.78, 5) is 28.5. The third-order valence-electron chi connectivity index (χ3n) is 2.47. The van der Waals surface area contributed by atoms with E-state index in [-0.39, 0.29) is 24.6 Å². The van der Waals surface area contributed by atoms with Crippen LogP contribution in [0.3, 0.4) is 0 Å². The van der Waals surface area contributed by atoms with Crippen molar-refractivity contribution in [2.24, 2.45) is 5.73 Å². The van der Waals surface area contributed by atoms with Crippen molar-refractivity contribution < 1.29 is 18.8 Å². The van der Waals surface area contributed by atoms with Gasteiger partial charge in [-0.15, -0.1) is 0 Å². The van der Waals surface area contributed by atoms with E-state index in [1.807, 2.05) is 0 Å². The first-order valence-corrected chi connectivity index (χ1v) is 7.36. The van der Waals surface area contributed by atoms with Crippen LogP contribution in [0, 0.1) is 0 Å². The minimum absolute atomic E-state index is 0.0430. The van der Waals surface area contributed by atoms with Crippen molar-refractivity contribution in [3.8, 4) is 0 Å². The van der Waals surface area contributed by atoms with Gasteiger partial charge in [0.2, 0.25) is 5.78 Å². The Kier molecular flexibility index (Phi) is 4.15. The first-order chi connectivity index (χ1) is 9.43. The first-order valence-electron chi connectivity index (χ1n) is 5.78. The highest BCUT2D eigenvalue weighted by molar-refractivity contribution is 7.50. The predicted octanol–water partition coefficient (Wildman–Crippen LogP) is 0.0547. The zero-order valence-electron chi connectivity index (χ0n) is 10.7. The topological polar surface area (TPSA) is 132 Å². The summed E-state index contributed by atoms with van der Waals surface area (Å²) in [6.45, 7) is 1.77. The first kappa shape index (κ1) is 14.6. The number of imidazole rings is 1. The molecule has 20 heavy (non-hydrogen) atoms. The summed E-state index contributed by atoms with van der Waals surface area (Å²) in [7, 11) is -3.84. The van der Waals surface area contributed by atoms with Crippen molar-refractivity contribution in [1.82, 2.24) is 19.5 Å². The largest absolute Gasteiger partial charge is 0.403 e. The second kappa shape index (κ2) is 5.68. The fourth-order valence-corrected chi connectivity index (χ4v) is 2.41. The van der Waals surface area contributed by atoms with Gasteiger partial charge < -0.3 is 10.6 Å². The average molecular weight is 299 g/mol. The van der Waals surface area contributed by atoms with Gasteiger partial charge in [-0.2, -0.15) is 0 Å². The SMILES string of the molecule is CCOP(=O)(O)NCc1ccnc2nc(C(N)=O)cn12. The van der Waals surface area contributed by atoms with E-state index in [4.69, 9.17) is 10.3 Å². The fraction of sp³-hybridized carbons (Fsp3) is 0.300. The van der Waals surface area contributed by atoms with Crippen LogP contribution in [0.4, 0.5) is 0 Å². The molecule has 2 heterocycles. The number of fused-ring (bicyclic) bond motifs is 1. The Labute approximate surface area is 114 Å². The lowest BCUT2D eigenvalue weighted by Crippen LogP contribution is -2.14. The second-order valence-electron chi connectivity index (χ2n) is 3.87. The Hall–Kier alpha value is -1.80. The molecule has 2 aromatic heterocycles. The van der Waals surface area contributed by atoms with Gasteiger partial charge in [-0.3, -0.25) is 13.7 Å². The number of aromatic nitrogens is 3. The van der Waals surface area contributed by atoms with Crippen molar-refractivity contribution in [2.45, 2.75) is 13.5 Å². The van der Waals surface area contributed by atoms with Crippen molar-refractivity contribution in [2.75, 3.05) is 6.61 Å². The van der Waals surface area contributed by atoms with Crippen LogP contribution in [0.15, 0.2) is 18.5 Å². The molecule has 9 nitrogen and oxygen atoms in total. The summed E-state index contributed by atoms with van der Waals surface area (Å²) >= 11 is 0. The smallest absolute Gasteiger partial charge is 0.364 e. The standard InChI is InChI=1S/C10H14N5O4P/c1-2-19-20(17,18)13-5-7-3-4-12-10-14-8(9(11)16)6-15(7)10/h3-4,6H,2,5H2,1H3,(H2,11,16)(H2,13,17,18). The Morgan fingerprint density at radius 2 is 2.40 bits per heavy atom. The van der Waals surface area contributed by atoms with Crippen LogP contribution in [0.25, 0.3) is 5.78 Å². The van der Waals surface area contributed by atoms with Crippen LogP contribution in [-0.2, 0) is 15.6 Å². The number of nitrogens with two attached hydrogens (primary N) is 1. The van der Waals surface area contributed by atoms with Gasteiger partial charge in [0.25, 0.3) is 5.91 Å². The molecule has 10 heteroatoms. The van der Waals surface area contributed by atoms with E-state index < -0.39 is 13.7 Å². The summed E-state index contributed by atoms with van der Waals surface area (Å²) in [5.74, 6) is -0.390. The molecule has 0 aliphatic heterocycles. The van der Waals surface area contributed by atoms with Gasteiger partial charge in [0.1, 0.15) is 5.69 Å². The Bertz CT molecular complexity index is 685. The van der Waals surface area contributed by atoms with E-state index in [0.717, 1.165) is 0 Å². The van der Waals surface area contributed by atoms with E-state index in [1.54, 1.807) is 13.0 Å². The minimum atomic E-state index is -3.84. The van der Waals surface area contributed by atoms with Crippen LogP contribution >= 0.6 is 7.75 Å². The molecule has 0 aliphatic rings. The van der Waals surface area contributed by atoms with Gasteiger partial charge in [-0.25, -0.2) is 19.6 Å². The number of amides is 1. The summed E-state index contributed by atoms with van der Waals surface area (Å²) in [6.07, 6.45) is 2.90. The molecule has 108 valence electrons. The number of nitrogens with zero attached hydrogens (tertiary/aromatic N) is 3. The molecule has 0 radical (unpaired) electrons. The second-order valence-corrected chi connectivity index (χ2v) is 5.48. The molecule has 2 aromatic rings. The maximum Gasteiger partial charge on any atom is 0.403 e. The molecule has 0 spiro atoms. The highest BCUT2D eigenvalue weighted by Crippen LogP contribution is 2.36. The van der Waals surface area contributed by atoms with Crippen molar-refractivity contribution in [3.63, 3.8) is 0 Å². The fourth-order valence-electron chi connectivity index (χ4n) is 1.61. The van der Waals surface area contributed by atoms with E-state index in [1.165, 1.54) is 16.8 Å².